The molecule has 5 nitrogen and oxygen atoms in total. The number of esters is 1. The molecule has 0 N–H and O–H groups in total. The highest BCUT2D eigenvalue weighted by molar-refractivity contribution is 6.84. The molecule has 1 heterocycles. The van der Waals surface area contributed by atoms with Gasteiger partial charge in [0.15, 0.2) is 12.5 Å². The van der Waals surface area contributed by atoms with E-state index in [9.17, 15) is 4.79 Å². The van der Waals surface area contributed by atoms with Gasteiger partial charge in [-0.2, -0.15) is 4.58 Å². The Morgan fingerprint density at radius 3 is 1.93 bits per heavy atom. The normalized spacial score (nSPS) is 19.7. The third-order valence-corrected chi connectivity index (χ3v) is 5.91. The SMILES string of the molecule is COC(=O)C1[N+](Cc2ccccc2)=C(OC(C)(C)C)O[B-]1(C(C)(C)C)C(C)(C)C. The molecule has 1 aromatic rings. The van der Waals surface area contributed by atoms with Crippen LogP contribution in [0, 0.1) is 0 Å². The number of ether oxygens (including phenoxy) is 2. The van der Waals surface area contributed by atoms with Crippen molar-refractivity contribution in [1.82, 2.24) is 0 Å². The second-order valence-corrected chi connectivity index (χ2v) is 11.3. The number of carbonyl (C=O) groups is 1. The van der Waals surface area contributed by atoms with Crippen LogP contribution in [0.15, 0.2) is 30.3 Å². The zero-order valence-electron chi connectivity index (χ0n) is 19.8. The maximum absolute atomic E-state index is 13.2. The van der Waals surface area contributed by atoms with Gasteiger partial charge < -0.3 is 14.1 Å². The van der Waals surface area contributed by atoms with Gasteiger partial charge in [0, 0.05) is 5.56 Å². The summed E-state index contributed by atoms with van der Waals surface area (Å²) in [6.07, 6.45) is -1.35. The number of rotatable bonds is 3. The van der Waals surface area contributed by atoms with Crippen molar-refractivity contribution in [2.24, 2.45) is 0 Å². The molecule has 0 aromatic heterocycles. The van der Waals surface area contributed by atoms with Crippen LogP contribution >= 0.6 is 0 Å². The van der Waals surface area contributed by atoms with E-state index in [1.54, 1.807) is 0 Å². The molecule has 2 rings (SSSR count). The Morgan fingerprint density at radius 2 is 1.52 bits per heavy atom. The van der Waals surface area contributed by atoms with Crippen molar-refractivity contribution in [1.29, 1.82) is 0 Å². The number of benzene rings is 1. The molecule has 1 atom stereocenters. The second-order valence-electron chi connectivity index (χ2n) is 11.3. The van der Waals surface area contributed by atoms with Gasteiger partial charge in [0.1, 0.15) is 5.60 Å². The molecule has 6 heteroatoms. The molecule has 0 radical (unpaired) electrons. The van der Waals surface area contributed by atoms with Crippen LogP contribution < -0.4 is 0 Å². The van der Waals surface area contributed by atoms with Gasteiger partial charge in [0.2, 0.25) is 0 Å². The Labute approximate surface area is 176 Å². The van der Waals surface area contributed by atoms with Crippen molar-refractivity contribution < 1.29 is 23.5 Å². The summed E-state index contributed by atoms with van der Waals surface area (Å²) in [4.78, 5) is 13.2. The maximum Gasteiger partial charge on any atom is 0.498 e. The molecule has 1 aromatic carbocycles. The van der Waals surface area contributed by atoms with Gasteiger partial charge in [-0.1, -0.05) is 71.9 Å². The Hall–Kier alpha value is -1.98. The predicted molar refractivity (Wildman–Crippen MR) is 118 cm³/mol. The van der Waals surface area contributed by atoms with Crippen LogP contribution in [-0.2, 0) is 25.5 Å². The molecule has 29 heavy (non-hydrogen) atoms. The lowest BCUT2D eigenvalue weighted by Crippen LogP contribution is -2.65. The van der Waals surface area contributed by atoms with Crippen molar-refractivity contribution in [2.75, 3.05) is 7.11 Å². The van der Waals surface area contributed by atoms with E-state index in [1.165, 1.54) is 7.11 Å². The molecule has 0 saturated carbocycles. The molecule has 0 fully saturated rings. The third kappa shape index (κ3) is 4.46. The minimum absolute atomic E-state index is 0.293. The molecular weight excluding hydrogens is 365 g/mol. The summed E-state index contributed by atoms with van der Waals surface area (Å²) in [6, 6.07) is 10.1. The van der Waals surface area contributed by atoms with Gasteiger partial charge in [-0.25, -0.2) is 4.79 Å². The van der Waals surface area contributed by atoms with Crippen molar-refractivity contribution in [3.63, 3.8) is 0 Å². The van der Waals surface area contributed by atoms with Crippen LogP contribution in [0.25, 0.3) is 0 Å². The van der Waals surface area contributed by atoms with Gasteiger partial charge >= 0.3 is 12.1 Å². The first kappa shape index (κ1) is 23.3. The number of nitrogens with zero attached hydrogens (tertiary/aromatic N) is 1. The van der Waals surface area contributed by atoms with Crippen molar-refractivity contribution in [3.8, 4) is 0 Å². The summed E-state index contributed by atoms with van der Waals surface area (Å²) in [5.41, 5.74) is 0.613. The maximum atomic E-state index is 13.2. The highest BCUT2D eigenvalue weighted by atomic mass is 16.7. The number of methoxy groups -OCH3 is 1. The highest BCUT2D eigenvalue weighted by Gasteiger charge is 2.67. The van der Waals surface area contributed by atoms with Crippen molar-refractivity contribution >= 4 is 18.4 Å². The molecule has 1 unspecified atom stereocenters. The first-order chi connectivity index (χ1) is 13.1. The second kappa shape index (κ2) is 7.69. The highest BCUT2D eigenvalue weighted by Crippen LogP contribution is 2.56. The zero-order valence-corrected chi connectivity index (χ0v) is 19.8. The Kier molecular flexibility index (Phi) is 6.18. The average molecular weight is 403 g/mol. The van der Waals surface area contributed by atoms with Gasteiger partial charge in [-0.3, -0.25) is 0 Å². The number of carbonyl (C=O) groups excluding carboxylic acids is 1. The summed E-state index contributed by atoms with van der Waals surface area (Å²) in [6.45, 7) is 19.3. The lowest BCUT2D eigenvalue weighted by atomic mass is 9.14. The van der Waals surface area contributed by atoms with Gasteiger partial charge in [0.25, 0.3) is 6.35 Å². The third-order valence-electron chi connectivity index (χ3n) is 5.91. The first-order valence-electron chi connectivity index (χ1n) is 10.4. The summed E-state index contributed by atoms with van der Waals surface area (Å²) >= 11 is 0. The smallest absolute Gasteiger partial charge is 0.498 e. The van der Waals surface area contributed by atoms with Gasteiger partial charge in [0.05, 0.1) is 7.11 Å². The summed E-state index contributed by atoms with van der Waals surface area (Å²) in [5.74, 6) is -0.879. The van der Waals surface area contributed by atoms with Crippen LogP contribution in [0.4, 0.5) is 0 Å². The Morgan fingerprint density at radius 1 is 1.00 bits per heavy atom. The van der Waals surface area contributed by atoms with Crippen LogP contribution in [0.5, 0.6) is 0 Å². The van der Waals surface area contributed by atoms with Crippen molar-refractivity contribution in [2.45, 2.75) is 91.0 Å². The van der Waals surface area contributed by atoms with Gasteiger partial charge in [-0.05, 0) is 20.8 Å². The molecule has 0 saturated heterocycles. The van der Waals surface area contributed by atoms with E-state index < -0.39 is 17.9 Å². The summed E-state index contributed by atoms with van der Waals surface area (Å²) in [5, 5.41) is -0.621. The van der Waals surface area contributed by atoms with E-state index in [0.29, 0.717) is 12.6 Å². The topological polar surface area (TPSA) is 47.8 Å². The van der Waals surface area contributed by atoms with E-state index in [4.69, 9.17) is 14.1 Å². The first-order valence-corrected chi connectivity index (χ1v) is 10.4. The fourth-order valence-electron chi connectivity index (χ4n) is 4.99. The predicted octanol–water partition coefficient (Wildman–Crippen LogP) is 5.03. The quantitative estimate of drug-likeness (QED) is 0.404. The van der Waals surface area contributed by atoms with Crippen molar-refractivity contribution in [3.05, 3.63) is 35.9 Å². The fourth-order valence-corrected chi connectivity index (χ4v) is 4.99. The molecule has 0 spiro atoms. The largest absolute Gasteiger partial charge is 0.630 e. The minimum Gasteiger partial charge on any atom is -0.630 e. The lowest BCUT2D eigenvalue weighted by molar-refractivity contribution is -0.560. The molecule has 1 aliphatic heterocycles. The Bertz CT molecular complexity index is 753. The zero-order chi connectivity index (χ0) is 22.3. The van der Waals surface area contributed by atoms with Crippen LogP contribution in [-0.4, -0.2) is 41.6 Å². The molecule has 0 amide bonds. The average Bonchev–Trinajstić information content (AvgIpc) is 2.88. The van der Waals surface area contributed by atoms with Crippen LogP contribution in [0.3, 0.4) is 0 Å². The van der Waals surface area contributed by atoms with E-state index >= 15 is 0 Å². The van der Waals surface area contributed by atoms with Crippen LogP contribution in [0.1, 0.15) is 67.9 Å². The van der Waals surface area contributed by atoms with E-state index in [1.807, 2.05) is 55.7 Å². The fraction of sp³-hybridized carbons (Fsp3) is 0.652. The van der Waals surface area contributed by atoms with E-state index in [0.717, 1.165) is 5.56 Å². The molecule has 0 bridgehead atoms. The van der Waals surface area contributed by atoms with Crippen LogP contribution in [0.2, 0.25) is 10.6 Å². The molecular formula is C23H38BNO4. The van der Waals surface area contributed by atoms with Gasteiger partial charge in [-0.15, -0.1) is 10.6 Å². The molecule has 1 aliphatic rings. The monoisotopic (exact) mass is 403 g/mol. The standard InChI is InChI=1S/C23H38BNO4/c1-21(2,3)24(22(4,5)6)18(19(26)27-10)25(16-17-14-12-11-13-15-17)20(29-24)28-23(7,8)9/h11-15,18H,16H2,1-10H3. The lowest BCUT2D eigenvalue weighted by Gasteiger charge is -2.55. The number of hydrogen-bond acceptors (Lipinski definition) is 4. The molecule has 0 aliphatic carbocycles. The minimum atomic E-state index is -1.75. The van der Waals surface area contributed by atoms with E-state index in [2.05, 4.69) is 41.5 Å². The summed E-state index contributed by atoms with van der Waals surface area (Å²) in [7, 11) is 1.44. The summed E-state index contributed by atoms with van der Waals surface area (Å²) < 4.78 is 20.3. The molecule has 162 valence electrons. The Balaban J connectivity index is 2.75. The number of hydrogen-bond donors (Lipinski definition) is 0. The van der Waals surface area contributed by atoms with E-state index in [-0.39, 0.29) is 16.6 Å².